The van der Waals surface area contributed by atoms with E-state index in [9.17, 15) is 14.4 Å². The normalized spacial score (nSPS) is 29.8. The summed E-state index contributed by atoms with van der Waals surface area (Å²) in [5.41, 5.74) is -0.298. The van der Waals surface area contributed by atoms with E-state index in [4.69, 9.17) is 11.6 Å². The number of rotatable bonds is 4. The van der Waals surface area contributed by atoms with E-state index in [2.05, 4.69) is 20.5 Å². The van der Waals surface area contributed by atoms with Crippen molar-refractivity contribution in [1.82, 2.24) is 20.5 Å². The molecule has 1 aromatic carbocycles. The molecule has 0 spiro atoms. The van der Waals surface area contributed by atoms with Gasteiger partial charge in [-0.2, -0.15) is 5.10 Å². The fraction of sp³-hybridized carbons (Fsp3) is 0.524. The molecule has 4 bridgehead atoms. The Morgan fingerprint density at radius 3 is 2.41 bits per heavy atom. The first kappa shape index (κ1) is 18.6. The average Bonchev–Trinajstić information content (AvgIpc) is 2.66. The first-order valence-corrected chi connectivity index (χ1v) is 10.6. The van der Waals surface area contributed by atoms with Gasteiger partial charge in [-0.05, 0) is 73.8 Å². The van der Waals surface area contributed by atoms with Gasteiger partial charge < -0.3 is 5.32 Å². The monoisotopic (exact) mass is 414 g/mol. The van der Waals surface area contributed by atoms with E-state index in [1.807, 2.05) is 0 Å². The Labute approximate surface area is 172 Å². The molecular formula is C21H23ClN4O3. The van der Waals surface area contributed by atoms with Crippen molar-refractivity contribution in [2.75, 3.05) is 6.54 Å². The number of nitrogens with zero attached hydrogens (tertiary/aromatic N) is 1. The lowest BCUT2D eigenvalue weighted by Crippen LogP contribution is -2.51. The zero-order valence-corrected chi connectivity index (χ0v) is 16.7. The molecule has 0 radical (unpaired) electrons. The second-order valence-corrected chi connectivity index (χ2v) is 9.56. The molecule has 4 aliphatic carbocycles. The van der Waals surface area contributed by atoms with Crippen molar-refractivity contribution in [2.45, 2.75) is 38.5 Å². The molecule has 0 aliphatic heterocycles. The summed E-state index contributed by atoms with van der Waals surface area (Å²) in [7, 11) is 0. The third kappa shape index (κ3) is 3.41. The SMILES string of the molecule is O=C(NCC12CC3CC(CC(C3)C1)C2)c1cc(-c2n[nH]c(=O)[nH]c2=O)ccc1Cl. The van der Waals surface area contributed by atoms with E-state index in [1.165, 1.54) is 38.5 Å². The molecule has 6 rings (SSSR count). The zero-order valence-electron chi connectivity index (χ0n) is 16.0. The molecule has 2 aromatic rings. The first-order valence-electron chi connectivity index (χ1n) is 10.2. The Hall–Kier alpha value is -2.41. The van der Waals surface area contributed by atoms with Crippen LogP contribution in [-0.2, 0) is 0 Å². The molecule has 4 fully saturated rings. The molecule has 0 saturated heterocycles. The summed E-state index contributed by atoms with van der Waals surface area (Å²) >= 11 is 6.27. The van der Waals surface area contributed by atoms with E-state index in [0.29, 0.717) is 22.7 Å². The molecule has 1 amide bonds. The van der Waals surface area contributed by atoms with E-state index < -0.39 is 11.2 Å². The number of aromatic amines is 2. The smallest absolute Gasteiger partial charge is 0.342 e. The number of carbonyl (C=O) groups is 1. The highest BCUT2D eigenvalue weighted by Gasteiger charge is 2.50. The minimum atomic E-state index is -0.679. The minimum Gasteiger partial charge on any atom is -0.351 e. The summed E-state index contributed by atoms with van der Waals surface area (Å²) in [5.74, 6) is 2.22. The quantitative estimate of drug-likeness (QED) is 0.714. The zero-order chi connectivity index (χ0) is 20.2. The Bertz CT molecular complexity index is 1050. The maximum atomic E-state index is 12.9. The highest BCUT2D eigenvalue weighted by atomic mass is 35.5. The molecule has 152 valence electrons. The number of benzene rings is 1. The largest absolute Gasteiger partial charge is 0.351 e. The van der Waals surface area contributed by atoms with Crippen LogP contribution in [0.4, 0.5) is 0 Å². The fourth-order valence-electron chi connectivity index (χ4n) is 6.26. The molecule has 4 saturated carbocycles. The second-order valence-electron chi connectivity index (χ2n) is 9.15. The predicted octanol–water partition coefficient (Wildman–Crippen LogP) is 2.72. The number of halogens is 1. The summed E-state index contributed by atoms with van der Waals surface area (Å²) in [6, 6.07) is 4.73. The highest BCUT2D eigenvalue weighted by molar-refractivity contribution is 6.34. The van der Waals surface area contributed by atoms with E-state index in [1.54, 1.807) is 18.2 Å². The van der Waals surface area contributed by atoms with Gasteiger partial charge in [0.25, 0.3) is 11.5 Å². The van der Waals surface area contributed by atoms with Gasteiger partial charge >= 0.3 is 5.69 Å². The molecule has 0 atom stereocenters. The number of hydrogen-bond donors (Lipinski definition) is 3. The molecule has 4 aliphatic rings. The summed E-state index contributed by atoms with van der Waals surface area (Å²) in [5, 5.41) is 9.43. The van der Waals surface area contributed by atoms with Gasteiger partial charge in [0.2, 0.25) is 0 Å². The van der Waals surface area contributed by atoms with Crippen molar-refractivity contribution in [3.05, 3.63) is 49.6 Å². The summed E-state index contributed by atoms with van der Waals surface area (Å²) in [4.78, 5) is 38.3. The number of nitrogens with one attached hydrogen (secondary N) is 3. The van der Waals surface area contributed by atoms with E-state index in [0.717, 1.165) is 17.8 Å². The van der Waals surface area contributed by atoms with E-state index >= 15 is 0 Å². The van der Waals surface area contributed by atoms with E-state index in [-0.39, 0.29) is 17.0 Å². The van der Waals surface area contributed by atoms with Crippen molar-refractivity contribution in [1.29, 1.82) is 0 Å². The second kappa shape index (κ2) is 6.83. The molecule has 7 nitrogen and oxygen atoms in total. The van der Waals surface area contributed by atoms with Crippen LogP contribution in [0.5, 0.6) is 0 Å². The fourth-order valence-corrected chi connectivity index (χ4v) is 6.46. The lowest BCUT2D eigenvalue weighted by atomic mass is 9.49. The third-order valence-electron chi connectivity index (χ3n) is 6.98. The van der Waals surface area contributed by atoms with Gasteiger partial charge in [0, 0.05) is 12.1 Å². The molecule has 1 heterocycles. The highest BCUT2D eigenvalue weighted by Crippen LogP contribution is 2.59. The maximum Gasteiger partial charge on any atom is 0.342 e. The molecule has 3 N–H and O–H groups in total. The Kier molecular flexibility index (Phi) is 4.38. The van der Waals surface area contributed by atoms with Crippen molar-refractivity contribution in [3.8, 4) is 11.3 Å². The predicted molar refractivity (Wildman–Crippen MR) is 109 cm³/mol. The van der Waals surface area contributed by atoms with Crippen molar-refractivity contribution in [2.24, 2.45) is 23.2 Å². The Balaban J connectivity index is 1.36. The average molecular weight is 415 g/mol. The van der Waals surface area contributed by atoms with Crippen LogP contribution >= 0.6 is 11.6 Å². The lowest BCUT2D eigenvalue weighted by molar-refractivity contribution is -0.0503. The maximum absolute atomic E-state index is 12.9. The summed E-state index contributed by atoms with van der Waals surface area (Å²) < 4.78 is 0. The van der Waals surface area contributed by atoms with Crippen molar-refractivity contribution < 1.29 is 4.79 Å². The van der Waals surface area contributed by atoms with Gasteiger partial charge in [-0.25, -0.2) is 9.89 Å². The molecule has 8 heteroatoms. The standard InChI is InChI=1S/C21H23ClN4O3/c22-16-2-1-14(17-19(28)24-20(29)26-25-17)6-15(16)18(27)23-10-21-7-11-3-12(8-21)5-13(4-11)9-21/h1-2,6,11-13H,3-5,7-10H2,(H,23,27)(H2,24,26,28,29). The van der Waals surface area contributed by atoms with Gasteiger partial charge in [0.05, 0.1) is 10.6 Å². The van der Waals surface area contributed by atoms with Crippen LogP contribution in [0, 0.1) is 23.2 Å². The van der Waals surface area contributed by atoms with Crippen molar-refractivity contribution >= 4 is 17.5 Å². The van der Waals surface area contributed by atoms with Gasteiger partial charge in [0.15, 0.2) is 5.69 Å². The molecule has 1 aromatic heterocycles. The minimum absolute atomic E-state index is 0.0383. The number of aromatic nitrogens is 3. The Morgan fingerprint density at radius 1 is 1.14 bits per heavy atom. The molecule has 0 unspecified atom stereocenters. The van der Waals surface area contributed by atoms with Crippen LogP contribution in [0.3, 0.4) is 0 Å². The van der Waals surface area contributed by atoms with Gasteiger partial charge in [-0.3, -0.25) is 14.6 Å². The number of amides is 1. The summed E-state index contributed by atoms with van der Waals surface area (Å²) in [6.07, 6.45) is 7.72. The first-order chi connectivity index (χ1) is 13.9. The third-order valence-corrected chi connectivity index (χ3v) is 7.31. The van der Waals surface area contributed by atoms with Crippen LogP contribution in [-0.4, -0.2) is 27.6 Å². The van der Waals surface area contributed by atoms with Crippen LogP contribution < -0.4 is 16.6 Å². The van der Waals surface area contributed by atoms with Gasteiger partial charge in [0.1, 0.15) is 0 Å². The number of carbonyl (C=O) groups excluding carboxylic acids is 1. The Morgan fingerprint density at radius 2 is 1.79 bits per heavy atom. The van der Waals surface area contributed by atoms with Gasteiger partial charge in [-0.1, -0.05) is 17.7 Å². The van der Waals surface area contributed by atoms with Crippen LogP contribution in [0.1, 0.15) is 48.9 Å². The molecule has 29 heavy (non-hydrogen) atoms. The van der Waals surface area contributed by atoms with Crippen LogP contribution in [0.2, 0.25) is 5.02 Å². The molecular weight excluding hydrogens is 392 g/mol. The van der Waals surface area contributed by atoms with Crippen LogP contribution in [0.25, 0.3) is 11.3 Å². The number of H-pyrrole nitrogens is 2. The van der Waals surface area contributed by atoms with Crippen LogP contribution in [0.15, 0.2) is 27.8 Å². The van der Waals surface area contributed by atoms with Gasteiger partial charge in [-0.15, -0.1) is 0 Å². The van der Waals surface area contributed by atoms with Crippen molar-refractivity contribution in [3.63, 3.8) is 0 Å². The topological polar surface area (TPSA) is 108 Å². The summed E-state index contributed by atoms with van der Waals surface area (Å²) in [6.45, 7) is 0.674. The number of hydrogen-bond acceptors (Lipinski definition) is 4. The lowest BCUT2D eigenvalue weighted by Gasteiger charge is -2.56.